The highest BCUT2D eigenvalue weighted by Gasteiger charge is 2.21. The minimum atomic E-state index is -0.864. The molecule has 1 N–H and O–H groups in total. The molecule has 0 unspecified atom stereocenters. The van der Waals surface area contributed by atoms with E-state index in [1.165, 1.54) is 59.3 Å². The van der Waals surface area contributed by atoms with Crippen molar-refractivity contribution in [3.8, 4) is 16.4 Å². The molecule has 0 aliphatic heterocycles. The van der Waals surface area contributed by atoms with Crippen LogP contribution in [0.4, 0.5) is 10.1 Å². The number of amides is 1. The number of hydrogen-bond acceptors (Lipinski definition) is 7. The van der Waals surface area contributed by atoms with E-state index in [1.807, 2.05) is 17.5 Å². The average Bonchev–Trinajstić information content (AvgIpc) is 3.48. The number of halogens is 1. The Bertz CT molecular complexity index is 1300. The molecular formula is C23H17FN4O4S. The van der Waals surface area contributed by atoms with Crippen LogP contribution in [0.5, 0.6) is 0 Å². The van der Waals surface area contributed by atoms with Crippen molar-refractivity contribution in [3.63, 3.8) is 0 Å². The molecule has 0 aliphatic rings. The van der Waals surface area contributed by atoms with Gasteiger partial charge >= 0.3 is 5.97 Å². The lowest BCUT2D eigenvalue weighted by molar-refractivity contribution is -0.114. The lowest BCUT2D eigenvalue weighted by Gasteiger charge is -2.05. The van der Waals surface area contributed by atoms with Crippen LogP contribution in [0.1, 0.15) is 27.9 Å². The highest BCUT2D eigenvalue weighted by atomic mass is 32.1. The van der Waals surface area contributed by atoms with Crippen molar-refractivity contribution in [2.45, 2.75) is 6.92 Å². The summed E-state index contributed by atoms with van der Waals surface area (Å²) in [5.41, 5.74) is 1.38. The first-order chi connectivity index (χ1) is 15.9. The van der Waals surface area contributed by atoms with E-state index >= 15 is 0 Å². The molecule has 4 aromatic rings. The smallest absolute Gasteiger partial charge is 0.378 e. The zero-order chi connectivity index (χ0) is 23.4. The number of Topliss-reactive ketones (excluding diaryl/α,β-unsaturated/α-hetero) is 1. The van der Waals surface area contributed by atoms with Crippen molar-refractivity contribution >= 4 is 34.7 Å². The second-order valence-corrected chi connectivity index (χ2v) is 7.83. The Balaban J connectivity index is 1.50. The van der Waals surface area contributed by atoms with Gasteiger partial charge in [-0.15, -0.1) is 16.4 Å². The number of ether oxygens (including phenoxy) is 1. The molecular weight excluding hydrogens is 447 g/mol. The summed E-state index contributed by atoms with van der Waals surface area (Å²) in [6, 6.07) is 15.5. The predicted molar refractivity (Wildman–Crippen MR) is 120 cm³/mol. The molecule has 10 heteroatoms. The number of aromatic nitrogens is 3. The summed E-state index contributed by atoms with van der Waals surface area (Å²) in [6.07, 6.45) is 0. The van der Waals surface area contributed by atoms with Gasteiger partial charge in [-0.1, -0.05) is 6.07 Å². The third kappa shape index (κ3) is 5.18. The van der Waals surface area contributed by atoms with Gasteiger partial charge in [0, 0.05) is 18.2 Å². The number of esters is 1. The van der Waals surface area contributed by atoms with E-state index in [4.69, 9.17) is 4.74 Å². The van der Waals surface area contributed by atoms with Crippen LogP contribution in [-0.4, -0.2) is 39.0 Å². The van der Waals surface area contributed by atoms with Gasteiger partial charge in [0.15, 0.2) is 18.2 Å². The van der Waals surface area contributed by atoms with E-state index in [0.29, 0.717) is 22.8 Å². The van der Waals surface area contributed by atoms with Gasteiger partial charge in [0.05, 0.1) is 10.6 Å². The maximum Gasteiger partial charge on any atom is 0.378 e. The molecule has 166 valence electrons. The average molecular weight is 464 g/mol. The summed E-state index contributed by atoms with van der Waals surface area (Å²) in [6.45, 7) is 0.881. The van der Waals surface area contributed by atoms with Crippen molar-refractivity contribution in [1.82, 2.24) is 14.8 Å². The lowest BCUT2D eigenvalue weighted by Crippen LogP contribution is -2.15. The van der Waals surface area contributed by atoms with E-state index in [0.717, 1.165) is 4.88 Å². The van der Waals surface area contributed by atoms with Gasteiger partial charge in [0.25, 0.3) is 5.82 Å². The molecule has 0 aliphatic carbocycles. The molecule has 1 amide bonds. The number of thiophene rings is 1. The zero-order valence-electron chi connectivity index (χ0n) is 17.3. The second-order valence-electron chi connectivity index (χ2n) is 6.88. The number of carbonyl (C=O) groups excluding carboxylic acids is 3. The van der Waals surface area contributed by atoms with Crippen molar-refractivity contribution in [2.24, 2.45) is 0 Å². The molecule has 0 fully saturated rings. The fraction of sp³-hybridized carbons (Fsp3) is 0.0870. The highest BCUT2D eigenvalue weighted by molar-refractivity contribution is 7.13. The Morgan fingerprint density at radius 2 is 1.79 bits per heavy atom. The van der Waals surface area contributed by atoms with Gasteiger partial charge in [-0.2, -0.15) is 4.98 Å². The van der Waals surface area contributed by atoms with Crippen LogP contribution in [-0.2, 0) is 9.53 Å². The summed E-state index contributed by atoms with van der Waals surface area (Å²) < 4.78 is 19.9. The Labute approximate surface area is 191 Å². The van der Waals surface area contributed by atoms with Gasteiger partial charge in [-0.25, -0.2) is 13.9 Å². The Kier molecular flexibility index (Phi) is 6.36. The molecule has 0 spiro atoms. The van der Waals surface area contributed by atoms with Gasteiger partial charge in [0.2, 0.25) is 5.91 Å². The van der Waals surface area contributed by atoms with Crippen LogP contribution >= 0.6 is 11.3 Å². The fourth-order valence-corrected chi connectivity index (χ4v) is 3.65. The molecule has 0 saturated carbocycles. The van der Waals surface area contributed by atoms with Gasteiger partial charge in [-0.05, 0) is 60.0 Å². The Hall–Kier alpha value is -4.18. The van der Waals surface area contributed by atoms with E-state index in [1.54, 1.807) is 12.1 Å². The number of ketones is 1. The minimum absolute atomic E-state index is 0.225. The van der Waals surface area contributed by atoms with Crippen LogP contribution in [0.25, 0.3) is 16.4 Å². The van der Waals surface area contributed by atoms with Gasteiger partial charge < -0.3 is 10.1 Å². The monoisotopic (exact) mass is 464 g/mol. The molecule has 0 bridgehead atoms. The third-order valence-electron chi connectivity index (χ3n) is 4.46. The largest absolute Gasteiger partial charge is 0.451 e. The van der Waals surface area contributed by atoms with E-state index < -0.39 is 24.2 Å². The fourth-order valence-electron chi connectivity index (χ4n) is 2.95. The van der Waals surface area contributed by atoms with Gasteiger partial charge in [0.1, 0.15) is 5.82 Å². The number of nitrogens with zero attached hydrogens (tertiary/aromatic N) is 3. The molecule has 2 heterocycles. The second kappa shape index (κ2) is 9.53. The molecule has 0 atom stereocenters. The summed E-state index contributed by atoms with van der Waals surface area (Å²) >= 11 is 1.40. The topological polar surface area (TPSA) is 103 Å². The maximum atomic E-state index is 13.3. The summed E-state index contributed by atoms with van der Waals surface area (Å²) in [7, 11) is 0. The number of carbonyl (C=O) groups is 3. The van der Waals surface area contributed by atoms with Crippen molar-refractivity contribution in [2.75, 3.05) is 11.9 Å². The molecule has 2 aromatic heterocycles. The van der Waals surface area contributed by atoms with Crippen molar-refractivity contribution in [3.05, 3.63) is 83.2 Å². The first kappa shape index (κ1) is 22.0. The zero-order valence-corrected chi connectivity index (χ0v) is 18.1. The lowest BCUT2D eigenvalue weighted by atomic mass is 10.1. The highest BCUT2D eigenvalue weighted by Crippen LogP contribution is 2.26. The van der Waals surface area contributed by atoms with E-state index in [2.05, 4.69) is 15.4 Å². The van der Waals surface area contributed by atoms with Crippen LogP contribution < -0.4 is 5.32 Å². The molecule has 33 heavy (non-hydrogen) atoms. The van der Waals surface area contributed by atoms with Crippen LogP contribution in [0.2, 0.25) is 0 Å². The van der Waals surface area contributed by atoms with Gasteiger partial charge in [-0.3, -0.25) is 9.59 Å². The summed E-state index contributed by atoms with van der Waals surface area (Å²) in [5.74, 6) is -1.75. The Morgan fingerprint density at radius 3 is 2.42 bits per heavy atom. The standard InChI is InChI=1S/C23H17FN4O4S/c1-14(29)25-17-8-4-15(5-9-17)19(30)13-32-23(31)21-26-22(20-3-2-12-33-20)28(27-21)18-10-6-16(24)7-11-18/h2-12H,13H2,1H3,(H,25,29). The molecule has 2 aromatic carbocycles. The van der Waals surface area contributed by atoms with E-state index in [-0.39, 0.29) is 11.7 Å². The van der Waals surface area contributed by atoms with Crippen LogP contribution in [0.15, 0.2) is 66.0 Å². The number of rotatable bonds is 7. The SMILES string of the molecule is CC(=O)Nc1ccc(C(=O)COC(=O)c2nc(-c3cccs3)n(-c3ccc(F)cc3)n2)cc1. The third-order valence-corrected chi connectivity index (χ3v) is 5.33. The first-order valence-electron chi connectivity index (χ1n) is 9.75. The number of hydrogen-bond donors (Lipinski definition) is 1. The predicted octanol–water partition coefficient (Wildman–Crippen LogP) is 4.13. The maximum absolute atomic E-state index is 13.3. The quantitative estimate of drug-likeness (QED) is 0.326. The molecule has 0 radical (unpaired) electrons. The van der Waals surface area contributed by atoms with Crippen molar-refractivity contribution < 1.29 is 23.5 Å². The van der Waals surface area contributed by atoms with Crippen LogP contribution in [0, 0.1) is 5.82 Å². The first-order valence-corrected chi connectivity index (χ1v) is 10.6. The van der Waals surface area contributed by atoms with Crippen molar-refractivity contribution in [1.29, 1.82) is 0 Å². The molecule has 0 saturated heterocycles. The number of benzene rings is 2. The molecule has 4 rings (SSSR count). The van der Waals surface area contributed by atoms with Crippen LogP contribution in [0.3, 0.4) is 0 Å². The summed E-state index contributed by atoms with van der Waals surface area (Å²) in [4.78, 5) is 41.1. The van der Waals surface area contributed by atoms with E-state index in [9.17, 15) is 18.8 Å². The number of anilines is 1. The summed E-state index contributed by atoms with van der Waals surface area (Å²) in [5, 5.41) is 8.68. The molecule has 8 nitrogen and oxygen atoms in total. The normalized spacial score (nSPS) is 10.6. The Morgan fingerprint density at radius 1 is 1.06 bits per heavy atom. The number of nitrogens with one attached hydrogen (secondary N) is 1. The minimum Gasteiger partial charge on any atom is -0.451 e.